The Morgan fingerprint density at radius 1 is 1.11 bits per heavy atom. The normalized spacial score (nSPS) is 10.7. The van der Waals surface area contributed by atoms with Crippen LogP contribution in [-0.4, -0.2) is 15.1 Å². The van der Waals surface area contributed by atoms with E-state index in [1.54, 1.807) is 30.6 Å². The lowest BCUT2D eigenvalue weighted by Gasteiger charge is -2.07. The summed E-state index contributed by atoms with van der Waals surface area (Å²) in [6.07, 6.45) is 5.15. The predicted octanol–water partition coefficient (Wildman–Crippen LogP) is 1.88. The molecule has 19 heavy (non-hydrogen) atoms. The van der Waals surface area contributed by atoms with Crippen molar-refractivity contribution in [3.63, 3.8) is 0 Å². The van der Waals surface area contributed by atoms with E-state index in [4.69, 9.17) is 4.42 Å². The average Bonchev–Trinajstić information content (AvgIpc) is 2.43. The Balaban J connectivity index is 2.19. The Labute approximate surface area is 108 Å². The molecule has 0 aliphatic rings. The molecular weight excluding hydrogens is 244 g/mol. The summed E-state index contributed by atoms with van der Waals surface area (Å²) >= 11 is 0. The number of aromatic nitrogens is 2. The van der Waals surface area contributed by atoms with Crippen molar-refractivity contribution in [2.45, 2.75) is 6.42 Å². The second-order valence-electron chi connectivity index (χ2n) is 4.16. The van der Waals surface area contributed by atoms with E-state index in [1.807, 2.05) is 0 Å². The topological polar surface area (TPSA) is 76.2 Å². The maximum Gasteiger partial charge on any atom is 0.336 e. The molecule has 5 nitrogen and oxygen atoms in total. The van der Waals surface area contributed by atoms with Crippen LogP contribution in [0, 0.1) is 0 Å². The Bertz CT molecular complexity index is 782. The number of aromatic hydroxyl groups is 1. The van der Waals surface area contributed by atoms with Crippen LogP contribution in [0.2, 0.25) is 0 Å². The van der Waals surface area contributed by atoms with Crippen LogP contribution in [0.4, 0.5) is 0 Å². The van der Waals surface area contributed by atoms with E-state index in [9.17, 15) is 9.90 Å². The van der Waals surface area contributed by atoms with Gasteiger partial charge in [0.05, 0.1) is 0 Å². The molecule has 3 aromatic rings. The van der Waals surface area contributed by atoms with Gasteiger partial charge in [0, 0.05) is 35.8 Å². The first kappa shape index (κ1) is 11.4. The van der Waals surface area contributed by atoms with E-state index in [0.29, 0.717) is 17.6 Å². The molecule has 1 aromatic carbocycles. The van der Waals surface area contributed by atoms with Gasteiger partial charge in [-0.15, -0.1) is 0 Å². The van der Waals surface area contributed by atoms with Crippen LogP contribution in [-0.2, 0) is 6.42 Å². The summed E-state index contributed by atoms with van der Waals surface area (Å²) < 4.78 is 5.19. The monoisotopic (exact) mass is 254 g/mol. The fourth-order valence-corrected chi connectivity index (χ4v) is 1.98. The zero-order valence-corrected chi connectivity index (χ0v) is 9.91. The summed E-state index contributed by atoms with van der Waals surface area (Å²) in [4.78, 5) is 19.2. The summed E-state index contributed by atoms with van der Waals surface area (Å²) in [7, 11) is 0. The molecule has 5 heteroatoms. The van der Waals surface area contributed by atoms with E-state index in [2.05, 4.69) is 9.97 Å². The van der Waals surface area contributed by atoms with Crippen LogP contribution in [0.3, 0.4) is 0 Å². The smallest absolute Gasteiger partial charge is 0.336 e. The molecule has 94 valence electrons. The van der Waals surface area contributed by atoms with Crippen LogP contribution in [0.5, 0.6) is 5.75 Å². The van der Waals surface area contributed by atoms with Crippen LogP contribution < -0.4 is 5.63 Å². The van der Waals surface area contributed by atoms with Gasteiger partial charge in [-0.25, -0.2) is 14.8 Å². The van der Waals surface area contributed by atoms with Crippen LogP contribution >= 0.6 is 0 Å². The minimum absolute atomic E-state index is 0.0886. The highest BCUT2D eigenvalue weighted by Gasteiger charge is 2.11. The van der Waals surface area contributed by atoms with Crippen molar-refractivity contribution in [3.05, 3.63) is 64.5 Å². The van der Waals surface area contributed by atoms with Gasteiger partial charge >= 0.3 is 5.63 Å². The first-order valence-electron chi connectivity index (χ1n) is 5.72. The maximum atomic E-state index is 11.3. The fraction of sp³-hybridized carbons (Fsp3) is 0.0714. The van der Waals surface area contributed by atoms with Gasteiger partial charge in [-0.1, -0.05) is 0 Å². The minimum Gasteiger partial charge on any atom is -0.508 e. The molecule has 0 bridgehead atoms. The van der Waals surface area contributed by atoms with Gasteiger partial charge in [0.15, 0.2) is 0 Å². The molecule has 2 heterocycles. The molecule has 3 rings (SSSR count). The Morgan fingerprint density at radius 3 is 2.63 bits per heavy atom. The van der Waals surface area contributed by atoms with Crippen LogP contribution in [0.25, 0.3) is 11.0 Å². The third-order valence-electron chi connectivity index (χ3n) is 2.86. The maximum absolute atomic E-state index is 11.3. The van der Waals surface area contributed by atoms with Gasteiger partial charge in [-0.3, -0.25) is 0 Å². The number of benzene rings is 1. The molecule has 0 unspecified atom stereocenters. The van der Waals surface area contributed by atoms with E-state index in [1.165, 1.54) is 12.4 Å². The number of rotatable bonds is 2. The van der Waals surface area contributed by atoms with Crippen molar-refractivity contribution in [1.29, 1.82) is 0 Å². The number of phenolic OH excluding ortho intramolecular Hbond substituents is 1. The molecular formula is C14H10N2O3. The fourth-order valence-electron chi connectivity index (χ4n) is 1.98. The molecule has 2 aromatic heterocycles. The van der Waals surface area contributed by atoms with E-state index in [-0.39, 0.29) is 5.75 Å². The highest BCUT2D eigenvalue weighted by molar-refractivity contribution is 5.82. The summed E-state index contributed by atoms with van der Waals surface area (Å²) in [6, 6.07) is 6.32. The number of phenols is 1. The third kappa shape index (κ3) is 2.18. The summed E-state index contributed by atoms with van der Waals surface area (Å²) in [5.41, 5.74) is 1.35. The van der Waals surface area contributed by atoms with Crippen molar-refractivity contribution in [3.8, 4) is 5.75 Å². The summed E-state index contributed by atoms with van der Waals surface area (Å²) in [6.45, 7) is 0. The second kappa shape index (κ2) is 4.53. The zero-order valence-electron chi connectivity index (χ0n) is 9.91. The molecule has 0 amide bonds. The van der Waals surface area contributed by atoms with Gasteiger partial charge in [0.1, 0.15) is 17.7 Å². The largest absolute Gasteiger partial charge is 0.508 e. The predicted molar refractivity (Wildman–Crippen MR) is 69.0 cm³/mol. The first-order chi connectivity index (χ1) is 9.24. The second-order valence-corrected chi connectivity index (χ2v) is 4.16. The van der Waals surface area contributed by atoms with Crippen LogP contribution in [0.1, 0.15) is 11.1 Å². The lowest BCUT2D eigenvalue weighted by molar-refractivity contribution is 0.466. The number of hydrogen-bond donors (Lipinski definition) is 1. The van der Waals surface area contributed by atoms with Crippen molar-refractivity contribution >= 4 is 11.0 Å². The first-order valence-corrected chi connectivity index (χ1v) is 5.72. The number of nitrogens with zero attached hydrogens (tertiary/aromatic N) is 2. The summed E-state index contributed by atoms with van der Waals surface area (Å²) in [5.74, 6) is 0.0886. The van der Waals surface area contributed by atoms with Gasteiger partial charge < -0.3 is 9.52 Å². The Kier molecular flexibility index (Phi) is 2.72. The van der Waals surface area contributed by atoms with Crippen LogP contribution in [0.15, 0.2) is 52.2 Å². The third-order valence-corrected chi connectivity index (χ3v) is 2.86. The lowest BCUT2D eigenvalue weighted by atomic mass is 10.0. The van der Waals surface area contributed by atoms with Crippen molar-refractivity contribution < 1.29 is 9.52 Å². The molecule has 1 N–H and O–H groups in total. The highest BCUT2D eigenvalue weighted by atomic mass is 16.4. The average molecular weight is 254 g/mol. The summed E-state index contributed by atoms with van der Waals surface area (Å²) in [5, 5.41) is 10.7. The number of hydrogen-bond acceptors (Lipinski definition) is 5. The number of fused-ring (bicyclic) bond motifs is 1. The van der Waals surface area contributed by atoms with Gasteiger partial charge in [-0.05, 0) is 23.8 Å². The van der Waals surface area contributed by atoms with Crippen molar-refractivity contribution in [2.24, 2.45) is 0 Å². The van der Waals surface area contributed by atoms with Gasteiger partial charge in [0.25, 0.3) is 0 Å². The molecule has 0 fully saturated rings. The lowest BCUT2D eigenvalue weighted by Crippen LogP contribution is -1.98. The zero-order chi connectivity index (χ0) is 13.2. The highest BCUT2D eigenvalue weighted by Crippen LogP contribution is 2.28. The van der Waals surface area contributed by atoms with Gasteiger partial charge in [0.2, 0.25) is 0 Å². The van der Waals surface area contributed by atoms with Gasteiger partial charge in [-0.2, -0.15) is 0 Å². The minimum atomic E-state index is -0.441. The molecule has 0 spiro atoms. The molecule has 0 aliphatic carbocycles. The standard InChI is InChI=1S/C14H10N2O3/c17-12-3-1-10-2-4-13(18)19-14(10)11(12)5-9-6-15-8-16-7-9/h1-4,6-8,17H,5H2. The Morgan fingerprint density at radius 2 is 1.84 bits per heavy atom. The van der Waals surface area contributed by atoms with Crippen molar-refractivity contribution in [1.82, 2.24) is 9.97 Å². The Hall–Kier alpha value is -2.69. The van der Waals surface area contributed by atoms with E-state index < -0.39 is 5.63 Å². The molecule has 0 saturated heterocycles. The quantitative estimate of drug-likeness (QED) is 0.706. The SMILES string of the molecule is O=c1ccc2ccc(O)c(Cc3cncnc3)c2o1. The molecule has 0 atom stereocenters. The van der Waals surface area contributed by atoms with Crippen molar-refractivity contribution in [2.75, 3.05) is 0 Å². The molecule has 0 radical (unpaired) electrons. The molecule has 0 aliphatic heterocycles. The van der Waals surface area contributed by atoms with E-state index in [0.717, 1.165) is 10.9 Å². The van der Waals surface area contributed by atoms with E-state index >= 15 is 0 Å². The molecule has 0 saturated carbocycles.